The largest absolute Gasteiger partial charge is 0.504 e. The van der Waals surface area contributed by atoms with Crippen LogP contribution in [0.3, 0.4) is 0 Å². The molecule has 0 spiro atoms. The Morgan fingerprint density at radius 1 is 1.33 bits per heavy atom. The van der Waals surface area contributed by atoms with E-state index in [0.717, 1.165) is 18.2 Å². The average molecular weight is 220 g/mol. The number of phenolic OH excluding ortho intramolecular Hbond substituents is 1. The molecule has 0 radical (unpaired) electrons. The van der Waals surface area contributed by atoms with Gasteiger partial charge >= 0.3 is 6.18 Å². The smallest absolute Gasteiger partial charge is 0.416 e. The molecule has 0 heterocycles. The Morgan fingerprint density at radius 3 is 2.53 bits per heavy atom. The van der Waals surface area contributed by atoms with Crippen LogP contribution in [0, 0.1) is 0 Å². The van der Waals surface area contributed by atoms with Crippen molar-refractivity contribution in [3.8, 4) is 11.5 Å². The fourth-order valence-corrected chi connectivity index (χ4v) is 1.02. The molecule has 0 atom stereocenters. The summed E-state index contributed by atoms with van der Waals surface area (Å²) in [5.41, 5.74) is -0.827. The van der Waals surface area contributed by atoms with E-state index in [9.17, 15) is 18.3 Å². The van der Waals surface area contributed by atoms with Crippen molar-refractivity contribution in [3.05, 3.63) is 23.8 Å². The summed E-state index contributed by atoms with van der Waals surface area (Å²) in [6, 6.07) is 2.59. The highest BCUT2D eigenvalue weighted by Crippen LogP contribution is 2.35. The monoisotopic (exact) mass is 220 g/mol. The predicted molar refractivity (Wildman–Crippen MR) is 48.9 cm³/mol. The molecule has 1 N–H and O–H groups in total. The third-order valence-corrected chi connectivity index (χ3v) is 1.75. The van der Waals surface area contributed by atoms with Gasteiger partial charge in [-0.1, -0.05) is 6.92 Å². The lowest BCUT2D eigenvalue weighted by Crippen LogP contribution is -2.05. The molecular formula is C10H11F3O2. The molecule has 0 aliphatic heterocycles. The minimum Gasteiger partial charge on any atom is -0.504 e. The Balaban J connectivity index is 2.95. The standard InChI is InChI=1S/C10H11F3O2/c1-2-5-15-9-6-7(10(11,12)13)3-4-8(9)14/h3-4,6,14H,2,5H2,1H3. The number of rotatable bonds is 3. The predicted octanol–water partition coefficient (Wildman–Crippen LogP) is 3.20. The van der Waals surface area contributed by atoms with Crippen LogP contribution in [-0.4, -0.2) is 11.7 Å². The van der Waals surface area contributed by atoms with Gasteiger partial charge in [0.15, 0.2) is 11.5 Å². The highest BCUT2D eigenvalue weighted by molar-refractivity contribution is 5.42. The Morgan fingerprint density at radius 2 is 2.00 bits per heavy atom. The van der Waals surface area contributed by atoms with Crippen LogP contribution in [0.5, 0.6) is 11.5 Å². The average Bonchev–Trinajstić information content (AvgIpc) is 2.15. The van der Waals surface area contributed by atoms with E-state index in [0.29, 0.717) is 6.42 Å². The molecule has 0 amide bonds. The van der Waals surface area contributed by atoms with Gasteiger partial charge in [0.05, 0.1) is 12.2 Å². The number of benzene rings is 1. The first-order valence-corrected chi connectivity index (χ1v) is 4.48. The molecule has 0 aliphatic rings. The maximum absolute atomic E-state index is 12.3. The maximum Gasteiger partial charge on any atom is 0.416 e. The number of hydrogen-bond donors (Lipinski definition) is 1. The zero-order valence-corrected chi connectivity index (χ0v) is 8.14. The summed E-state index contributed by atoms with van der Waals surface area (Å²) in [7, 11) is 0. The molecule has 0 aromatic heterocycles. The molecule has 0 bridgehead atoms. The summed E-state index contributed by atoms with van der Waals surface area (Å²) in [4.78, 5) is 0. The number of aromatic hydroxyl groups is 1. The van der Waals surface area contributed by atoms with Gasteiger partial charge in [0.25, 0.3) is 0 Å². The van der Waals surface area contributed by atoms with Gasteiger partial charge in [0, 0.05) is 0 Å². The van der Waals surface area contributed by atoms with Crippen LogP contribution < -0.4 is 4.74 Å². The number of ether oxygens (including phenoxy) is 1. The molecule has 0 aliphatic carbocycles. The second-order valence-electron chi connectivity index (χ2n) is 3.03. The summed E-state index contributed by atoms with van der Waals surface area (Å²) in [6.45, 7) is 2.10. The van der Waals surface area contributed by atoms with Crippen molar-refractivity contribution >= 4 is 0 Å². The summed E-state index contributed by atoms with van der Waals surface area (Å²) in [5, 5.41) is 9.23. The van der Waals surface area contributed by atoms with Crippen LogP contribution in [-0.2, 0) is 6.18 Å². The maximum atomic E-state index is 12.3. The summed E-state index contributed by atoms with van der Waals surface area (Å²) < 4.78 is 41.8. The van der Waals surface area contributed by atoms with E-state index in [2.05, 4.69) is 0 Å². The lowest BCUT2D eigenvalue weighted by atomic mass is 10.2. The normalized spacial score (nSPS) is 11.5. The third-order valence-electron chi connectivity index (χ3n) is 1.75. The van der Waals surface area contributed by atoms with Crippen molar-refractivity contribution in [2.75, 3.05) is 6.61 Å². The van der Waals surface area contributed by atoms with Crippen molar-refractivity contribution in [2.24, 2.45) is 0 Å². The van der Waals surface area contributed by atoms with E-state index < -0.39 is 11.7 Å². The van der Waals surface area contributed by atoms with Crippen LogP contribution in [0.4, 0.5) is 13.2 Å². The van der Waals surface area contributed by atoms with Crippen molar-refractivity contribution < 1.29 is 23.0 Å². The first-order valence-electron chi connectivity index (χ1n) is 4.48. The third kappa shape index (κ3) is 3.04. The molecule has 0 fully saturated rings. The van der Waals surface area contributed by atoms with Gasteiger partial charge in [-0.15, -0.1) is 0 Å². The highest BCUT2D eigenvalue weighted by atomic mass is 19.4. The van der Waals surface area contributed by atoms with E-state index in [1.165, 1.54) is 0 Å². The number of halogens is 3. The lowest BCUT2D eigenvalue weighted by molar-refractivity contribution is -0.137. The van der Waals surface area contributed by atoms with Gasteiger partial charge in [0.2, 0.25) is 0 Å². The quantitative estimate of drug-likeness (QED) is 0.847. The molecule has 0 saturated heterocycles. The molecule has 15 heavy (non-hydrogen) atoms. The molecule has 0 saturated carbocycles. The Bertz CT molecular complexity index is 334. The van der Waals surface area contributed by atoms with E-state index in [1.807, 2.05) is 6.92 Å². The molecule has 84 valence electrons. The first kappa shape index (κ1) is 11.7. The molecule has 0 unspecified atom stereocenters. The summed E-state index contributed by atoms with van der Waals surface area (Å²) >= 11 is 0. The van der Waals surface area contributed by atoms with Gasteiger partial charge in [-0.25, -0.2) is 0 Å². The fourth-order valence-electron chi connectivity index (χ4n) is 1.02. The van der Waals surface area contributed by atoms with E-state index in [-0.39, 0.29) is 18.1 Å². The zero-order chi connectivity index (χ0) is 11.5. The van der Waals surface area contributed by atoms with Crippen molar-refractivity contribution in [1.82, 2.24) is 0 Å². The van der Waals surface area contributed by atoms with Crippen LogP contribution in [0.25, 0.3) is 0 Å². The molecule has 1 rings (SSSR count). The van der Waals surface area contributed by atoms with Gasteiger partial charge < -0.3 is 9.84 Å². The van der Waals surface area contributed by atoms with Gasteiger partial charge in [-0.2, -0.15) is 13.2 Å². The first-order chi connectivity index (χ1) is 6.95. The van der Waals surface area contributed by atoms with E-state index in [1.54, 1.807) is 0 Å². The Labute approximate surface area is 85.3 Å². The van der Waals surface area contributed by atoms with Gasteiger partial charge in [-0.05, 0) is 24.6 Å². The highest BCUT2D eigenvalue weighted by Gasteiger charge is 2.31. The Kier molecular flexibility index (Phi) is 3.44. The topological polar surface area (TPSA) is 29.5 Å². The van der Waals surface area contributed by atoms with E-state index in [4.69, 9.17) is 4.74 Å². The van der Waals surface area contributed by atoms with Crippen molar-refractivity contribution in [1.29, 1.82) is 0 Å². The summed E-state index contributed by atoms with van der Waals surface area (Å²) in [5.74, 6) is -0.414. The van der Waals surface area contributed by atoms with Crippen molar-refractivity contribution in [3.63, 3.8) is 0 Å². The SMILES string of the molecule is CCCOc1cc(C(F)(F)F)ccc1O. The lowest BCUT2D eigenvalue weighted by Gasteiger charge is -2.11. The summed E-state index contributed by atoms with van der Waals surface area (Å²) in [6.07, 6.45) is -3.76. The Hall–Kier alpha value is -1.39. The molecule has 1 aromatic carbocycles. The van der Waals surface area contributed by atoms with Crippen LogP contribution in [0.1, 0.15) is 18.9 Å². The number of phenols is 1. The second kappa shape index (κ2) is 4.42. The van der Waals surface area contributed by atoms with Gasteiger partial charge in [0.1, 0.15) is 0 Å². The fraction of sp³-hybridized carbons (Fsp3) is 0.400. The molecular weight excluding hydrogens is 209 g/mol. The molecule has 2 nitrogen and oxygen atoms in total. The van der Waals surface area contributed by atoms with Gasteiger partial charge in [-0.3, -0.25) is 0 Å². The second-order valence-corrected chi connectivity index (χ2v) is 3.03. The molecule has 1 aromatic rings. The minimum absolute atomic E-state index is 0.133. The van der Waals surface area contributed by atoms with E-state index >= 15 is 0 Å². The van der Waals surface area contributed by atoms with Crippen LogP contribution >= 0.6 is 0 Å². The number of alkyl halides is 3. The van der Waals surface area contributed by atoms with Crippen LogP contribution in [0.2, 0.25) is 0 Å². The van der Waals surface area contributed by atoms with Crippen molar-refractivity contribution in [2.45, 2.75) is 19.5 Å². The zero-order valence-electron chi connectivity index (χ0n) is 8.14. The molecule has 5 heteroatoms. The van der Waals surface area contributed by atoms with Crippen LogP contribution in [0.15, 0.2) is 18.2 Å². The minimum atomic E-state index is -4.42. The number of hydrogen-bond acceptors (Lipinski definition) is 2.